The molecule has 0 saturated heterocycles. The molecule has 0 aliphatic carbocycles. The van der Waals surface area contributed by atoms with E-state index in [9.17, 15) is 13.2 Å². The second-order valence-corrected chi connectivity index (χ2v) is 7.88. The maximum absolute atomic E-state index is 13.2. The molecule has 0 N–H and O–H groups in total. The van der Waals surface area contributed by atoms with Gasteiger partial charge in [0.25, 0.3) is 0 Å². The highest BCUT2D eigenvalue weighted by Crippen LogP contribution is 2.32. The zero-order valence-electron chi connectivity index (χ0n) is 15.5. The number of hydrogen-bond donors (Lipinski definition) is 0. The standard InChI is InChI=1S/C19H23NO5S/c1-13-10-11-15(19(21)25-5)12-18(13)26(22,23)20(3)14(2)16-8-6-7-9-17(16)24-4/h6-12,14H,1-5H3. The molecule has 1 unspecified atom stereocenters. The molecule has 0 aromatic heterocycles. The van der Waals surface area contributed by atoms with Crippen molar-refractivity contribution >= 4 is 16.0 Å². The van der Waals surface area contributed by atoms with Gasteiger partial charge in [-0.15, -0.1) is 0 Å². The summed E-state index contributed by atoms with van der Waals surface area (Å²) >= 11 is 0. The summed E-state index contributed by atoms with van der Waals surface area (Å²) in [5.41, 5.74) is 1.50. The Bertz CT molecular complexity index is 908. The predicted octanol–water partition coefficient (Wildman–Crippen LogP) is 3.17. The zero-order chi connectivity index (χ0) is 19.5. The fourth-order valence-electron chi connectivity index (χ4n) is 2.69. The number of sulfonamides is 1. The minimum Gasteiger partial charge on any atom is -0.496 e. The van der Waals surface area contributed by atoms with Crippen LogP contribution >= 0.6 is 0 Å². The topological polar surface area (TPSA) is 72.9 Å². The number of nitrogens with zero attached hydrogens (tertiary/aromatic N) is 1. The van der Waals surface area contributed by atoms with Crippen LogP contribution in [0.25, 0.3) is 0 Å². The molecule has 0 spiro atoms. The van der Waals surface area contributed by atoms with Crippen molar-refractivity contribution in [2.75, 3.05) is 21.3 Å². The maximum Gasteiger partial charge on any atom is 0.337 e. The van der Waals surface area contributed by atoms with Crippen LogP contribution < -0.4 is 4.74 Å². The van der Waals surface area contributed by atoms with Gasteiger partial charge < -0.3 is 9.47 Å². The molecule has 6 nitrogen and oxygen atoms in total. The number of carbonyl (C=O) groups excluding carboxylic acids is 1. The summed E-state index contributed by atoms with van der Waals surface area (Å²) < 4.78 is 37.6. The molecule has 0 aliphatic rings. The van der Waals surface area contributed by atoms with Gasteiger partial charge in [-0.3, -0.25) is 0 Å². The summed E-state index contributed by atoms with van der Waals surface area (Å²) in [5, 5.41) is 0. The summed E-state index contributed by atoms with van der Waals surface area (Å²) in [4.78, 5) is 11.8. The molecule has 1 atom stereocenters. The number of benzene rings is 2. The number of rotatable bonds is 6. The molecule has 2 rings (SSSR count). The molecule has 2 aromatic rings. The van der Waals surface area contributed by atoms with Gasteiger partial charge in [0.2, 0.25) is 10.0 Å². The Morgan fingerprint density at radius 1 is 1.12 bits per heavy atom. The third-order valence-electron chi connectivity index (χ3n) is 4.40. The van der Waals surface area contributed by atoms with Gasteiger partial charge >= 0.3 is 5.97 Å². The van der Waals surface area contributed by atoms with E-state index in [1.54, 1.807) is 39.2 Å². The van der Waals surface area contributed by atoms with Gasteiger partial charge in [-0.05, 0) is 37.6 Å². The van der Waals surface area contributed by atoms with E-state index < -0.39 is 22.0 Å². The lowest BCUT2D eigenvalue weighted by Crippen LogP contribution is -2.30. The van der Waals surface area contributed by atoms with E-state index in [-0.39, 0.29) is 10.5 Å². The second kappa shape index (κ2) is 7.88. The lowest BCUT2D eigenvalue weighted by molar-refractivity contribution is 0.0600. The maximum atomic E-state index is 13.2. The molecular formula is C19H23NO5S. The SMILES string of the molecule is COC(=O)c1ccc(C)c(S(=O)(=O)N(C)C(C)c2ccccc2OC)c1. The van der Waals surface area contributed by atoms with Crippen molar-refractivity contribution in [2.24, 2.45) is 0 Å². The molecule has 7 heteroatoms. The van der Waals surface area contributed by atoms with Crippen LogP contribution in [0.5, 0.6) is 5.75 Å². The first kappa shape index (κ1) is 19.9. The van der Waals surface area contributed by atoms with E-state index in [0.29, 0.717) is 11.3 Å². The average molecular weight is 377 g/mol. The minimum atomic E-state index is -3.84. The van der Waals surface area contributed by atoms with Gasteiger partial charge in [-0.25, -0.2) is 13.2 Å². The largest absolute Gasteiger partial charge is 0.496 e. The Morgan fingerprint density at radius 2 is 1.77 bits per heavy atom. The average Bonchev–Trinajstić information content (AvgIpc) is 2.66. The number of carbonyl (C=O) groups is 1. The lowest BCUT2D eigenvalue weighted by atomic mass is 10.1. The van der Waals surface area contributed by atoms with Crippen LogP contribution in [-0.2, 0) is 14.8 Å². The van der Waals surface area contributed by atoms with Gasteiger partial charge in [-0.2, -0.15) is 4.31 Å². The predicted molar refractivity (Wildman–Crippen MR) is 98.9 cm³/mol. The summed E-state index contributed by atoms with van der Waals surface area (Å²) in [6, 6.07) is 11.3. The van der Waals surface area contributed by atoms with Crippen LogP contribution in [0.4, 0.5) is 0 Å². The fourth-order valence-corrected chi connectivity index (χ4v) is 4.28. The zero-order valence-corrected chi connectivity index (χ0v) is 16.3. The summed E-state index contributed by atoms with van der Waals surface area (Å²) in [7, 11) is 0.476. The number of para-hydroxylation sites is 1. The third-order valence-corrected chi connectivity index (χ3v) is 6.47. The summed E-state index contributed by atoms with van der Waals surface area (Å²) in [5.74, 6) is 0.0314. The van der Waals surface area contributed by atoms with Crippen LogP contribution in [0.1, 0.15) is 34.5 Å². The molecule has 0 fully saturated rings. The molecule has 0 radical (unpaired) electrons. The van der Waals surface area contributed by atoms with Crippen molar-refractivity contribution in [1.29, 1.82) is 0 Å². The van der Waals surface area contributed by atoms with E-state index in [1.807, 2.05) is 18.2 Å². The minimum absolute atomic E-state index is 0.0737. The molecule has 0 saturated carbocycles. The van der Waals surface area contributed by atoms with Crippen LogP contribution in [-0.4, -0.2) is 40.0 Å². The van der Waals surface area contributed by atoms with Crippen molar-refractivity contribution in [1.82, 2.24) is 4.31 Å². The van der Waals surface area contributed by atoms with Gasteiger partial charge in [0.15, 0.2) is 0 Å². The Balaban J connectivity index is 2.48. The number of hydrogen-bond acceptors (Lipinski definition) is 5. The smallest absolute Gasteiger partial charge is 0.337 e. The molecule has 0 heterocycles. The van der Waals surface area contributed by atoms with E-state index >= 15 is 0 Å². The van der Waals surface area contributed by atoms with Gasteiger partial charge in [0.1, 0.15) is 5.75 Å². The normalized spacial score (nSPS) is 12.7. The number of esters is 1. The Hall–Kier alpha value is -2.38. The molecule has 0 amide bonds. The Labute approximate surface area is 154 Å². The number of aryl methyl sites for hydroxylation is 1. The van der Waals surface area contributed by atoms with Crippen molar-refractivity contribution in [2.45, 2.75) is 24.8 Å². The monoisotopic (exact) mass is 377 g/mol. The van der Waals surface area contributed by atoms with Crippen molar-refractivity contribution < 1.29 is 22.7 Å². The van der Waals surface area contributed by atoms with Crippen LogP contribution in [0.15, 0.2) is 47.4 Å². The first-order chi connectivity index (χ1) is 12.2. The highest BCUT2D eigenvalue weighted by Gasteiger charge is 2.29. The van der Waals surface area contributed by atoms with Gasteiger partial charge in [0, 0.05) is 12.6 Å². The lowest BCUT2D eigenvalue weighted by Gasteiger charge is -2.26. The highest BCUT2D eigenvalue weighted by molar-refractivity contribution is 7.89. The number of methoxy groups -OCH3 is 2. The molecule has 26 heavy (non-hydrogen) atoms. The molecule has 0 aliphatic heterocycles. The fraction of sp³-hybridized carbons (Fsp3) is 0.316. The highest BCUT2D eigenvalue weighted by atomic mass is 32.2. The summed E-state index contributed by atoms with van der Waals surface area (Å²) in [6.07, 6.45) is 0. The van der Waals surface area contributed by atoms with Crippen LogP contribution in [0.2, 0.25) is 0 Å². The Kier molecular flexibility index (Phi) is 6.05. The third kappa shape index (κ3) is 3.73. The second-order valence-electron chi connectivity index (χ2n) is 5.91. The van der Waals surface area contributed by atoms with Crippen molar-refractivity contribution in [3.63, 3.8) is 0 Å². The molecule has 0 bridgehead atoms. The quantitative estimate of drug-likeness (QED) is 0.723. The van der Waals surface area contributed by atoms with Crippen molar-refractivity contribution in [3.05, 3.63) is 59.2 Å². The Morgan fingerprint density at radius 3 is 2.38 bits per heavy atom. The van der Waals surface area contributed by atoms with E-state index in [0.717, 1.165) is 5.56 Å². The number of ether oxygens (including phenoxy) is 2. The first-order valence-electron chi connectivity index (χ1n) is 8.04. The first-order valence-corrected chi connectivity index (χ1v) is 9.48. The molecular weight excluding hydrogens is 354 g/mol. The molecule has 2 aromatic carbocycles. The van der Waals surface area contributed by atoms with E-state index in [2.05, 4.69) is 4.74 Å². The van der Waals surface area contributed by atoms with E-state index in [1.165, 1.54) is 24.5 Å². The molecule has 140 valence electrons. The van der Waals surface area contributed by atoms with Crippen LogP contribution in [0, 0.1) is 6.92 Å². The van der Waals surface area contributed by atoms with Crippen LogP contribution in [0.3, 0.4) is 0 Å². The van der Waals surface area contributed by atoms with Crippen molar-refractivity contribution in [3.8, 4) is 5.75 Å². The summed E-state index contributed by atoms with van der Waals surface area (Å²) in [6.45, 7) is 3.48. The van der Waals surface area contributed by atoms with Gasteiger partial charge in [0.05, 0.1) is 30.7 Å². The van der Waals surface area contributed by atoms with Gasteiger partial charge in [-0.1, -0.05) is 24.3 Å². The van der Waals surface area contributed by atoms with E-state index in [4.69, 9.17) is 4.74 Å².